The highest BCUT2D eigenvalue weighted by Gasteiger charge is 2.36. The van der Waals surface area contributed by atoms with Crippen molar-refractivity contribution >= 4 is 38.9 Å². The Hall–Kier alpha value is -3.39. The molecule has 0 spiro atoms. The van der Waals surface area contributed by atoms with Crippen LogP contribution < -0.4 is 14.7 Å². The number of para-hydroxylation sites is 1. The Balaban J connectivity index is 1.57. The number of aliphatic hydroxyl groups excluding tert-OH is 1. The van der Waals surface area contributed by atoms with Crippen molar-refractivity contribution in [2.75, 3.05) is 13.7 Å². The quantitative estimate of drug-likeness (QED) is 0.593. The van der Waals surface area contributed by atoms with E-state index in [1.165, 1.54) is 16.3 Å². The Labute approximate surface area is 165 Å². The van der Waals surface area contributed by atoms with E-state index in [4.69, 9.17) is 10.1 Å². The van der Waals surface area contributed by atoms with Gasteiger partial charge in [-0.1, -0.05) is 23.5 Å². The van der Waals surface area contributed by atoms with E-state index in [0.29, 0.717) is 16.9 Å². The predicted octanol–water partition coefficient (Wildman–Crippen LogP) is 2.64. The smallest absolute Gasteiger partial charge is 0.277 e. The van der Waals surface area contributed by atoms with E-state index in [0.717, 1.165) is 15.2 Å². The Morgan fingerprint density at radius 3 is 2.64 bits per heavy atom. The molecule has 0 aliphatic carbocycles. The number of aryl methyl sites for hydroxylation is 1. The van der Waals surface area contributed by atoms with Crippen LogP contribution in [0.4, 0.5) is 0 Å². The lowest BCUT2D eigenvalue weighted by molar-refractivity contribution is -0.642. The van der Waals surface area contributed by atoms with Gasteiger partial charge in [0.05, 0.1) is 13.7 Å². The fraction of sp³-hybridized carbons (Fsp3) is 0.150. The van der Waals surface area contributed by atoms with Crippen LogP contribution in [0.2, 0.25) is 0 Å². The van der Waals surface area contributed by atoms with Gasteiger partial charge < -0.3 is 9.84 Å². The van der Waals surface area contributed by atoms with Crippen LogP contribution in [-0.2, 0) is 7.05 Å². The Kier molecular flexibility index (Phi) is 4.48. The van der Waals surface area contributed by atoms with E-state index in [2.05, 4.69) is 5.43 Å². The van der Waals surface area contributed by atoms with Gasteiger partial charge in [-0.3, -0.25) is 20.6 Å². The molecule has 1 amide bonds. The van der Waals surface area contributed by atoms with E-state index in [-0.39, 0.29) is 24.0 Å². The molecule has 0 saturated carbocycles. The molecule has 0 radical (unpaired) electrons. The largest absolute Gasteiger partial charge is 0.509 e. The lowest BCUT2D eigenvalue weighted by Crippen LogP contribution is -2.44. The van der Waals surface area contributed by atoms with E-state index in [1.807, 2.05) is 35.9 Å². The highest BCUT2D eigenvalue weighted by Crippen LogP contribution is 2.31. The van der Waals surface area contributed by atoms with E-state index in [1.54, 1.807) is 31.4 Å². The van der Waals surface area contributed by atoms with Crippen LogP contribution in [0, 0.1) is 5.41 Å². The summed E-state index contributed by atoms with van der Waals surface area (Å²) in [5, 5.41) is 21.1. The number of hydrogen-bond acceptors (Lipinski definition) is 5. The first kappa shape index (κ1) is 18.0. The number of thiazole rings is 1. The van der Waals surface area contributed by atoms with Crippen LogP contribution in [0.15, 0.2) is 54.3 Å². The molecule has 0 bridgehead atoms. The van der Waals surface area contributed by atoms with E-state index < -0.39 is 0 Å². The van der Waals surface area contributed by atoms with Crippen molar-refractivity contribution < 1.29 is 19.2 Å². The third-order valence-electron chi connectivity index (χ3n) is 4.64. The molecule has 8 heteroatoms. The molecule has 0 atom stereocenters. The standard InChI is InChI=1S/C20H18N4O3S/c1-23-14-5-3-4-6-16(14)28-20(23)17-15(25)11-24(18(17)21)22-19(26)12-7-9-13(27-2)10-8-12/h3-10,21H,11H2,1-2H3,(H,22,26)/p+1. The molecular weight excluding hydrogens is 376 g/mol. The van der Waals surface area contributed by atoms with Crippen molar-refractivity contribution in [3.8, 4) is 5.75 Å². The van der Waals surface area contributed by atoms with Crippen molar-refractivity contribution in [2.45, 2.75) is 0 Å². The fourth-order valence-electron chi connectivity index (χ4n) is 3.15. The second-order valence-corrected chi connectivity index (χ2v) is 7.39. The van der Waals surface area contributed by atoms with Crippen molar-refractivity contribution in [3.63, 3.8) is 0 Å². The summed E-state index contributed by atoms with van der Waals surface area (Å²) < 4.78 is 8.11. The number of amides is 1. The molecule has 7 nitrogen and oxygen atoms in total. The summed E-state index contributed by atoms with van der Waals surface area (Å²) in [7, 11) is 3.46. The molecular formula is C20H19N4O3S+. The minimum absolute atomic E-state index is 0.0459. The SMILES string of the molecule is COc1ccc(C(=O)NN2CC(O)=C(c3sc4ccccc4[n+]3C)C2=N)cc1. The van der Waals surface area contributed by atoms with Gasteiger partial charge in [0.2, 0.25) is 5.52 Å². The number of nitrogens with zero attached hydrogens (tertiary/aromatic N) is 2. The summed E-state index contributed by atoms with van der Waals surface area (Å²) in [6, 6.07) is 14.6. The van der Waals surface area contributed by atoms with Crippen molar-refractivity contribution in [1.29, 1.82) is 5.41 Å². The molecule has 28 heavy (non-hydrogen) atoms. The number of benzene rings is 2. The normalized spacial score (nSPS) is 14.1. The monoisotopic (exact) mass is 395 g/mol. The molecule has 1 aliphatic rings. The molecule has 2 aromatic carbocycles. The van der Waals surface area contributed by atoms with Crippen LogP contribution in [-0.4, -0.2) is 35.5 Å². The van der Waals surface area contributed by atoms with Gasteiger partial charge in [0, 0.05) is 11.6 Å². The number of amidine groups is 1. The molecule has 142 valence electrons. The third kappa shape index (κ3) is 2.97. The number of aliphatic hydroxyl groups is 1. The van der Waals surface area contributed by atoms with E-state index in [9.17, 15) is 9.90 Å². The van der Waals surface area contributed by atoms with Gasteiger partial charge in [-0.15, -0.1) is 0 Å². The zero-order valence-corrected chi connectivity index (χ0v) is 16.2. The van der Waals surface area contributed by atoms with Crippen LogP contribution in [0.25, 0.3) is 15.8 Å². The third-order valence-corrected chi connectivity index (χ3v) is 5.88. The summed E-state index contributed by atoms with van der Waals surface area (Å²) in [5.74, 6) is 0.412. The van der Waals surface area contributed by atoms with Crippen molar-refractivity contribution in [3.05, 3.63) is 64.9 Å². The lowest BCUT2D eigenvalue weighted by atomic mass is 10.2. The summed E-state index contributed by atoms with van der Waals surface area (Å²) in [4.78, 5) is 12.5. The van der Waals surface area contributed by atoms with Gasteiger partial charge in [-0.05, 0) is 30.3 Å². The van der Waals surface area contributed by atoms with Gasteiger partial charge in [-0.25, -0.2) is 0 Å². The predicted molar refractivity (Wildman–Crippen MR) is 107 cm³/mol. The number of hydrogen-bond donors (Lipinski definition) is 3. The van der Waals surface area contributed by atoms with Crippen LogP contribution in [0.1, 0.15) is 15.4 Å². The number of ether oxygens (including phenoxy) is 1. The second kappa shape index (κ2) is 6.97. The second-order valence-electron chi connectivity index (χ2n) is 6.36. The van der Waals surface area contributed by atoms with Crippen LogP contribution >= 0.6 is 11.3 Å². The Morgan fingerprint density at radius 1 is 1.25 bits per heavy atom. The number of rotatable bonds is 4. The van der Waals surface area contributed by atoms with Crippen LogP contribution in [0.3, 0.4) is 0 Å². The minimum Gasteiger partial charge on any atom is -0.509 e. The summed E-state index contributed by atoms with van der Waals surface area (Å²) in [5.41, 5.74) is 4.58. The molecule has 4 rings (SSSR count). The molecule has 0 unspecified atom stereocenters. The molecule has 3 aromatic rings. The number of aromatic nitrogens is 1. The summed E-state index contributed by atoms with van der Waals surface area (Å²) >= 11 is 1.50. The van der Waals surface area contributed by atoms with Crippen LogP contribution in [0.5, 0.6) is 5.75 Å². The fourth-order valence-corrected chi connectivity index (χ4v) is 4.37. The maximum absolute atomic E-state index is 12.5. The van der Waals surface area contributed by atoms with Gasteiger partial charge in [0.15, 0.2) is 5.84 Å². The lowest BCUT2D eigenvalue weighted by Gasteiger charge is -2.19. The molecule has 1 aliphatic heterocycles. The highest BCUT2D eigenvalue weighted by molar-refractivity contribution is 7.19. The average molecular weight is 395 g/mol. The first-order valence-electron chi connectivity index (χ1n) is 8.61. The Morgan fingerprint density at radius 2 is 1.96 bits per heavy atom. The van der Waals surface area contributed by atoms with Gasteiger partial charge in [0.25, 0.3) is 10.9 Å². The minimum atomic E-state index is -0.359. The number of nitrogens with one attached hydrogen (secondary N) is 2. The maximum atomic E-state index is 12.5. The topological polar surface area (TPSA) is 89.5 Å². The Bertz CT molecular complexity index is 1120. The van der Waals surface area contributed by atoms with Crippen molar-refractivity contribution in [1.82, 2.24) is 10.4 Å². The molecule has 0 fully saturated rings. The highest BCUT2D eigenvalue weighted by atomic mass is 32.1. The average Bonchev–Trinajstić information content (AvgIpc) is 3.17. The van der Waals surface area contributed by atoms with E-state index >= 15 is 0 Å². The number of fused-ring (bicyclic) bond motifs is 1. The first-order chi connectivity index (χ1) is 13.5. The number of carbonyl (C=O) groups is 1. The molecule has 3 N–H and O–H groups in total. The molecule has 0 saturated heterocycles. The van der Waals surface area contributed by atoms with Gasteiger partial charge in [-0.2, -0.15) is 4.57 Å². The summed E-state index contributed by atoms with van der Waals surface area (Å²) in [6.07, 6.45) is 0. The zero-order valence-electron chi connectivity index (χ0n) is 15.4. The number of hydrazine groups is 1. The maximum Gasteiger partial charge on any atom is 0.277 e. The summed E-state index contributed by atoms with van der Waals surface area (Å²) in [6.45, 7) is 0.0459. The van der Waals surface area contributed by atoms with Crippen molar-refractivity contribution in [2.24, 2.45) is 7.05 Å². The number of carbonyl (C=O) groups excluding carboxylic acids is 1. The number of methoxy groups -OCH3 is 1. The van der Waals surface area contributed by atoms with Gasteiger partial charge in [0.1, 0.15) is 28.8 Å². The van der Waals surface area contributed by atoms with Gasteiger partial charge >= 0.3 is 0 Å². The first-order valence-corrected chi connectivity index (χ1v) is 9.42. The molecule has 1 aromatic heterocycles. The molecule has 2 heterocycles. The zero-order chi connectivity index (χ0) is 19.8.